The first kappa shape index (κ1) is 8.05. The molecule has 2 nitrogen and oxygen atoms in total. The fraction of sp³-hybridized carbons (Fsp3) is 0.182. The first-order valence-corrected chi connectivity index (χ1v) is 4.28. The zero-order valence-corrected chi connectivity index (χ0v) is 7.16. The van der Waals surface area contributed by atoms with E-state index in [1.165, 1.54) is 17.2 Å². The molecule has 1 aliphatic rings. The molecule has 2 rings (SSSR count). The highest BCUT2D eigenvalue weighted by Crippen LogP contribution is 2.23. The van der Waals surface area contributed by atoms with Crippen LogP contribution in [0.15, 0.2) is 24.3 Å². The molecule has 0 radical (unpaired) electrons. The lowest BCUT2D eigenvalue weighted by molar-refractivity contribution is -0.131. The monoisotopic (exact) mass is 174 g/mol. The van der Waals surface area contributed by atoms with Gasteiger partial charge in [-0.3, -0.25) is 0 Å². The van der Waals surface area contributed by atoms with Crippen LogP contribution in [0.4, 0.5) is 0 Å². The second kappa shape index (κ2) is 3.05. The Morgan fingerprint density at radius 3 is 2.62 bits per heavy atom. The lowest BCUT2D eigenvalue weighted by atomic mass is 9.87. The molecule has 1 aromatic rings. The fourth-order valence-corrected chi connectivity index (χ4v) is 1.49. The predicted octanol–water partition coefficient (Wildman–Crippen LogP) is 1.88. The maximum absolute atomic E-state index is 10.3. The van der Waals surface area contributed by atoms with Crippen LogP contribution in [0.3, 0.4) is 0 Å². The minimum Gasteiger partial charge on any atom is -0.478 e. The first-order valence-electron chi connectivity index (χ1n) is 4.28. The molecule has 13 heavy (non-hydrogen) atoms. The van der Waals surface area contributed by atoms with E-state index in [4.69, 9.17) is 5.11 Å². The van der Waals surface area contributed by atoms with Gasteiger partial charge >= 0.3 is 5.97 Å². The molecule has 0 bridgehead atoms. The van der Waals surface area contributed by atoms with Crippen LogP contribution in [0, 0.1) is 0 Å². The van der Waals surface area contributed by atoms with Gasteiger partial charge in [0.25, 0.3) is 0 Å². The third-order valence-corrected chi connectivity index (χ3v) is 2.31. The standard InChI is InChI=1S/C11H10O2/c12-11(13)6-2-8-1-3-9-4-5-10(9)7-8/h1-3,6-7H,4-5H2,(H,12,13). The Labute approximate surface area is 76.5 Å². The van der Waals surface area contributed by atoms with Crippen LogP contribution in [0.25, 0.3) is 6.08 Å². The highest BCUT2D eigenvalue weighted by molar-refractivity contribution is 5.85. The topological polar surface area (TPSA) is 37.3 Å². The van der Waals surface area contributed by atoms with Crippen LogP contribution in [0.5, 0.6) is 0 Å². The Hall–Kier alpha value is -1.57. The summed E-state index contributed by atoms with van der Waals surface area (Å²) in [5.41, 5.74) is 3.72. The number of carbonyl (C=O) groups is 1. The van der Waals surface area contributed by atoms with Gasteiger partial charge in [0.15, 0.2) is 0 Å². The first-order chi connectivity index (χ1) is 6.25. The number of fused-ring (bicyclic) bond motifs is 1. The van der Waals surface area contributed by atoms with Gasteiger partial charge in [0, 0.05) is 6.08 Å². The quantitative estimate of drug-likeness (QED) is 0.695. The molecule has 1 N–H and O–H groups in total. The number of aryl methyl sites for hydroxylation is 2. The van der Waals surface area contributed by atoms with Crippen LogP contribution >= 0.6 is 0 Å². The van der Waals surface area contributed by atoms with Crippen molar-refractivity contribution in [1.82, 2.24) is 0 Å². The summed E-state index contributed by atoms with van der Waals surface area (Å²) in [6.45, 7) is 0. The van der Waals surface area contributed by atoms with E-state index in [-0.39, 0.29) is 0 Å². The van der Waals surface area contributed by atoms with Crippen molar-refractivity contribution < 1.29 is 9.90 Å². The predicted molar refractivity (Wildman–Crippen MR) is 50.5 cm³/mol. The van der Waals surface area contributed by atoms with Gasteiger partial charge in [-0.05, 0) is 35.6 Å². The summed E-state index contributed by atoms with van der Waals surface area (Å²) in [5.74, 6) is -0.900. The number of hydrogen-bond acceptors (Lipinski definition) is 1. The van der Waals surface area contributed by atoms with E-state index in [1.807, 2.05) is 6.07 Å². The van der Waals surface area contributed by atoms with Crippen molar-refractivity contribution in [2.45, 2.75) is 12.8 Å². The molecule has 66 valence electrons. The molecule has 0 aromatic heterocycles. The molecular formula is C11H10O2. The fourth-order valence-electron chi connectivity index (χ4n) is 1.49. The largest absolute Gasteiger partial charge is 0.478 e. The van der Waals surface area contributed by atoms with Crippen LogP contribution in [-0.4, -0.2) is 11.1 Å². The van der Waals surface area contributed by atoms with Gasteiger partial charge in [-0.1, -0.05) is 18.2 Å². The van der Waals surface area contributed by atoms with Crippen LogP contribution in [0.2, 0.25) is 0 Å². The minimum atomic E-state index is -0.900. The summed E-state index contributed by atoms with van der Waals surface area (Å²) < 4.78 is 0. The maximum atomic E-state index is 10.3. The number of carboxylic acid groups (broad SMARTS) is 1. The highest BCUT2D eigenvalue weighted by atomic mass is 16.4. The number of benzene rings is 1. The SMILES string of the molecule is O=C(O)C=Cc1ccc2c(c1)CC2. The van der Waals surface area contributed by atoms with Gasteiger partial charge in [-0.2, -0.15) is 0 Å². The Balaban J connectivity index is 2.22. The van der Waals surface area contributed by atoms with Crippen molar-refractivity contribution in [2.24, 2.45) is 0 Å². The van der Waals surface area contributed by atoms with Gasteiger partial charge < -0.3 is 5.11 Å². The zero-order chi connectivity index (χ0) is 9.26. The molecular weight excluding hydrogens is 164 g/mol. The van der Waals surface area contributed by atoms with Gasteiger partial charge in [-0.25, -0.2) is 4.79 Å². The molecule has 0 unspecified atom stereocenters. The summed E-state index contributed by atoms with van der Waals surface area (Å²) in [7, 11) is 0. The van der Waals surface area contributed by atoms with Crippen LogP contribution in [0.1, 0.15) is 16.7 Å². The molecule has 1 aromatic carbocycles. The number of rotatable bonds is 2. The third kappa shape index (κ3) is 1.61. The third-order valence-electron chi connectivity index (χ3n) is 2.31. The lowest BCUT2D eigenvalue weighted by Crippen LogP contribution is -2.07. The molecule has 0 atom stereocenters. The summed E-state index contributed by atoms with van der Waals surface area (Å²) in [4.78, 5) is 10.3. The Bertz CT molecular complexity index is 378. The van der Waals surface area contributed by atoms with E-state index >= 15 is 0 Å². The molecule has 0 saturated heterocycles. The van der Waals surface area contributed by atoms with Crippen molar-refractivity contribution >= 4 is 12.0 Å². The minimum absolute atomic E-state index is 0.900. The molecule has 0 fully saturated rings. The van der Waals surface area contributed by atoms with Gasteiger partial charge in [0.05, 0.1) is 0 Å². The average molecular weight is 174 g/mol. The van der Waals surface area contributed by atoms with E-state index in [0.717, 1.165) is 18.4 Å². The number of carboxylic acids is 1. The van der Waals surface area contributed by atoms with E-state index in [1.54, 1.807) is 6.08 Å². The van der Waals surface area contributed by atoms with Gasteiger partial charge in [-0.15, -0.1) is 0 Å². The molecule has 0 heterocycles. The molecule has 0 amide bonds. The summed E-state index contributed by atoms with van der Waals surface area (Å²) in [6, 6.07) is 6.08. The van der Waals surface area contributed by atoms with Gasteiger partial charge in [0.2, 0.25) is 0 Å². The summed E-state index contributed by atoms with van der Waals surface area (Å²) in [5, 5.41) is 8.43. The highest BCUT2D eigenvalue weighted by Gasteiger charge is 2.11. The van der Waals surface area contributed by atoms with Gasteiger partial charge in [0.1, 0.15) is 0 Å². The van der Waals surface area contributed by atoms with E-state index in [9.17, 15) is 4.79 Å². The molecule has 1 aliphatic carbocycles. The lowest BCUT2D eigenvalue weighted by Gasteiger charge is -2.18. The number of aliphatic carboxylic acids is 1. The Morgan fingerprint density at radius 2 is 2.08 bits per heavy atom. The molecule has 0 spiro atoms. The summed E-state index contributed by atoms with van der Waals surface area (Å²) >= 11 is 0. The second-order valence-corrected chi connectivity index (χ2v) is 3.20. The van der Waals surface area contributed by atoms with Crippen molar-refractivity contribution in [2.75, 3.05) is 0 Å². The van der Waals surface area contributed by atoms with E-state index in [2.05, 4.69) is 12.1 Å². The van der Waals surface area contributed by atoms with E-state index in [0.29, 0.717) is 0 Å². The van der Waals surface area contributed by atoms with Crippen LogP contribution < -0.4 is 0 Å². The van der Waals surface area contributed by atoms with E-state index < -0.39 is 5.97 Å². The Morgan fingerprint density at radius 1 is 1.31 bits per heavy atom. The van der Waals surface area contributed by atoms with Crippen LogP contribution in [-0.2, 0) is 17.6 Å². The number of hydrogen-bond donors (Lipinski definition) is 1. The molecule has 0 saturated carbocycles. The van der Waals surface area contributed by atoms with Crippen molar-refractivity contribution in [3.8, 4) is 0 Å². The van der Waals surface area contributed by atoms with Crippen molar-refractivity contribution in [3.63, 3.8) is 0 Å². The second-order valence-electron chi connectivity index (χ2n) is 3.20. The zero-order valence-electron chi connectivity index (χ0n) is 7.16. The van der Waals surface area contributed by atoms with Crippen molar-refractivity contribution in [3.05, 3.63) is 41.0 Å². The normalized spacial score (nSPS) is 13.8. The Kier molecular flexibility index (Phi) is 1.89. The summed E-state index contributed by atoms with van der Waals surface area (Å²) in [6.07, 6.45) is 5.09. The average Bonchev–Trinajstić information content (AvgIpc) is 2.05. The maximum Gasteiger partial charge on any atom is 0.328 e. The van der Waals surface area contributed by atoms with Crippen molar-refractivity contribution in [1.29, 1.82) is 0 Å². The molecule has 0 aliphatic heterocycles. The smallest absolute Gasteiger partial charge is 0.328 e. The molecule has 2 heteroatoms.